The van der Waals surface area contributed by atoms with Gasteiger partial charge in [-0.3, -0.25) is 4.79 Å². The van der Waals surface area contributed by atoms with Crippen LogP contribution < -0.4 is 5.32 Å². The normalized spacial score (nSPS) is 22.6. The zero-order chi connectivity index (χ0) is 21.5. The van der Waals surface area contributed by atoms with E-state index in [-0.39, 0.29) is 24.0 Å². The van der Waals surface area contributed by atoms with Crippen LogP contribution in [0.1, 0.15) is 31.4 Å². The fraction of sp³-hybridized carbons (Fsp3) is 0.417. The molecule has 1 heterocycles. The summed E-state index contributed by atoms with van der Waals surface area (Å²) < 4.78 is 5.15. The van der Waals surface area contributed by atoms with E-state index in [1.807, 2.05) is 42.5 Å². The number of methoxy groups -OCH3 is 1. The summed E-state index contributed by atoms with van der Waals surface area (Å²) in [7, 11) is 1.46. The monoisotopic (exact) mass is 427 g/mol. The predicted molar refractivity (Wildman–Crippen MR) is 122 cm³/mol. The van der Waals surface area contributed by atoms with Crippen LogP contribution in [0.5, 0.6) is 0 Å². The number of aliphatic imine (C=N–C) groups is 1. The van der Waals surface area contributed by atoms with E-state index >= 15 is 0 Å². The van der Waals surface area contributed by atoms with Crippen molar-refractivity contribution in [3.8, 4) is 0 Å². The molecule has 3 atom stereocenters. The first kappa shape index (κ1) is 22.2. The van der Waals surface area contributed by atoms with Crippen LogP contribution in [-0.4, -0.2) is 42.6 Å². The summed E-state index contributed by atoms with van der Waals surface area (Å²) in [5, 5.41) is 4.25. The summed E-state index contributed by atoms with van der Waals surface area (Å²) in [6, 6.07) is 18.0. The second-order valence-electron chi connectivity index (χ2n) is 7.62. The fourth-order valence-corrected chi connectivity index (χ4v) is 4.37. The predicted octanol–water partition coefficient (Wildman–Crippen LogP) is 4.30. The Morgan fingerprint density at radius 3 is 2.57 bits per heavy atom. The van der Waals surface area contributed by atoms with Crippen molar-refractivity contribution in [1.29, 1.82) is 0 Å². The summed E-state index contributed by atoms with van der Waals surface area (Å²) in [6.07, 6.45) is 1.70. The van der Waals surface area contributed by atoms with Crippen LogP contribution in [0.15, 0.2) is 59.6 Å². The molecule has 0 spiro atoms. The Kier molecular flexibility index (Phi) is 7.75. The SMILES string of the molecule is CCN1C(=NCc2cccc(Cl)c2)N[C@@H](CCc2ccccc2)[C@H](C(=O)OC)[C@H]1C. The molecule has 1 aliphatic rings. The molecular weight excluding hydrogens is 398 g/mol. The van der Waals surface area contributed by atoms with Gasteiger partial charge in [0.15, 0.2) is 5.96 Å². The number of aryl methyl sites for hydroxylation is 1. The number of nitrogens with zero attached hydrogens (tertiary/aromatic N) is 2. The van der Waals surface area contributed by atoms with E-state index in [9.17, 15) is 4.79 Å². The van der Waals surface area contributed by atoms with Gasteiger partial charge < -0.3 is 15.0 Å². The van der Waals surface area contributed by atoms with E-state index < -0.39 is 0 Å². The standard InChI is InChI=1S/C24H30ClN3O2/c1-4-28-17(2)22(23(29)30-3)21(14-13-18-9-6-5-7-10-18)27-24(28)26-16-19-11-8-12-20(25)15-19/h5-12,15,17,21-22H,4,13-14,16H2,1-3H3,(H,26,27)/t17-,21+,22-/m1/s1. The van der Waals surface area contributed by atoms with Crippen LogP contribution in [0.4, 0.5) is 0 Å². The average molecular weight is 428 g/mol. The lowest BCUT2D eigenvalue weighted by Crippen LogP contribution is -2.63. The molecule has 160 valence electrons. The van der Waals surface area contributed by atoms with E-state index in [1.165, 1.54) is 12.7 Å². The number of halogens is 1. The van der Waals surface area contributed by atoms with Gasteiger partial charge >= 0.3 is 5.97 Å². The van der Waals surface area contributed by atoms with Gasteiger partial charge in [0.1, 0.15) is 0 Å². The maximum Gasteiger partial charge on any atom is 0.312 e. The molecule has 0 aromatic heterocycles. The molecule has 2 aromatic rings. The number of hydrogen-bond acceptors (Lipinski definition) is 3. The molecule has 0 bridgehead atoms. The minimum absolute atomic E-state index is 0.0115. The molecular formula is C24H30ClN3O2. The van der Waals surface area contributed by atoms with Gasteiger partial charge in [0.2, 0.25) is 0 Å². The molecule has 0 amide bonds. The topological polar surface area (TPSA) is 53.9 Å². The van der Waals surface area contributed by atoms with Gasteiger partial charge in [0.25, 0.3) is 0 Å². The van der Waals surface area contributed by atoms with Gasteiger partial charge in [-0.15, -0.1) is 0 Å². The Bertz CT molecular complexity index is 872. The molecule has 2 aromatic carbocycles. The van der Waals surface area contributed by atoms with E-state index in [0.717, 1.165) is 30.9 Å². The number of ether oxygens (including phenoxy) is 1. The van der Waals surface area contributed by atoms with Crippen LogP contribution in [0.25, 0.3) is 0 Å². The maximum atomic E-state index is 12.6. The first-order valence-electron chi connectivity index (χ1n) is 10.5. The van der Waals surface area contributed by atoms with Crippen LogP contribution >= 0.6 is 11.6 Å². The quantitative estimate of drug-likeness (QED) is 0.669. The van der Waals surface area contributed by atoms with Crippen molar-refractivity contribution in [3.63, 3.8) is 0 Å². The first-order valence-corrected chi connectivity index (χ1v) is 10.8. The third kappa shape index (κ3) is 5.33. The number of rotatable bonds is 7. The number of hydrogen-bond donors (Lipinski definition) is 1. The third-order valence-corrected chi connectivity index (χ3v) is 5.97. The molecule has 0 radical (unpaired) electrons. The molecule has 1 saturated heterocycles. The van der Waals surface area contributed by atoms with E-state index in [0.29, 0.717) is 11.6 Å². The smallest absolute Gasteiger partial charge is 0.312 e. The minimum atomic E-state index is -0.260. The van der Waals surface area contributed by atoms with Crippen molar-refractivity contribution < 1.29 is 9.53 Å². The zero-order valence-corrected chi connectivity index (χ0v) is 18.6. The van der Waals surface area contributed by atoms with Gasteiger partial charge in [-0.05, 0) is 49.9 Å². The van der Waals surface area contributed by atoms with Gasteiger partial charge in [0.05, 0.1) is 19.6 Å². The summed E-state index contributed by atoms with van der Waals surface area (Å²) >= 11 is 6.11. The first-order chi connectivity index (χ1) is 14.5. The molecule has 0 aliphatic carbocycles. The second-order valence-corrected chi connectivity index (χ2v) is 8.06. The van der Waals surface area contributed by atoms with Crippen molar-refractivity contribution in [1.82, 2.24) is 10.2 Å². The Morgan fingerprint density at radius 2 is 1.90 bits per heavy atom. The summed E-state index contributed by atoms with van der Waals surface area (Å²) in [4.78, 5) is 19.6. The largest absolute Gasteiger partial charge is 0.469 e. The van der Waals surface area contributed by atoms with Crippen molar-refractivity contribution >= 4 is 23.5 Å². The molecule has 1 fully saturated rings. The van der Waals surface area contributed by atoms with Crippen LogP contribution in [-0.2, 0) is 22.5 Å². The van der Waals surface area contributed by atoms with Crippen molar-refractivity contribution in [2.24, 2.45) is 10.9 Å². The van der Waals surface area contributed by atoms with Gasteiger partial charge in [-0.2, -0.15) is 0 Å². The van der Waals surface area contributed by atoms with Crippen LogP contribution in [0, 0.1) is 5.92 Å². The zero-order valence-electron chi connectivity index (χ0n) is 17.8. The number of nitrogens with one attached hydrogen (secondary N) is 1. The molecule has 0 saturated carbocycles. The lowest BCUT2D eigenvalue weighted by molar-refractivity contribution is -0.149. The molecule has 1 aliphatic heterocycles. The molecule has 5 nitrogen and oxygen atoms in total. The van der Waals surface area contributed by atoms with Crippen LogP contribution in [0.2, 0.25) is 5.02 Å². The molecule has 1 N–H and O–H groups in total. The van der Waals surface area contributed by atoms with E-state index in [1.54, 1.807) is 0 Å². The van der Waals surface area contributed by atoms with Gasteiger partial charge in [-0.1, -0.05) is 54.1 Å². The van der Waals surface area contributed by atoms with E-state index in [2.05, 4.69) is 36.2 Å². The lowest BCUT2D eigenvalue weighted by atomic mass is 9.85. The molecule has 3 rings (SSSR count). The number of esters is 1. The van der Waals surface area contributed by atoms with Gasteiger partial charge in [0, 0.05) is 23.7 Å². The molecule has 6 heteroatoms. The lowest BCUT2D eigenvalue weighted by Gasteiger charge is -2.45. The van der Waals surface area contributed by atoms with Gasteiger partial charge in [-0.25, -0.2) is 4.99 Å². The number of benzene rings is 2. The number of carbonyl (C=O) groups excluding carboxylic acids is 1. The Morgan fingerprint density at radius 1 is 1.17 bits per heavy atom. The van der Waals surface area contributed by atoms with Crippen LogP contribution in [0.3, 0.4) is 0 Å². The Labute approximate surface area is 184 Å². The van der Waals surface area contributed by atoms with Crippen molar-refractivity contribution in [2.75, 3.05) is 13.7 Å². The number of carbonyl (C=O) groups is 1. The maximum absolute atomic E-state index is 12.6. The van der Waals surface area contributed by atoms with Crippen molar-refractivity contribution in [2.45, 2.75) is 45.3 Å². The summed E-state index contributed by atoms with van der Waals surface area (Å²) in [6.45, 7) is 5.43. The summed E-state index contributed by atoms with van der Waals surface area (Å²) in [5.41, 5.74) is 2.31. The highest BCUT2D eigenvalue weighted by Gasteiger charge is 2.42. The fourth-order valence-electron chi connectivity index (χ4n) is 4.15. The van der Waals surface area contributed by atoms with E-state index in [4.69, 9.17) is 21.3 Å². The second kappa shape index (κ2) is 10.5. The molecule has 30 heavy (non-hydrogen) atoms. The highest BCUT2D eigenvalue weighted by atomic mass is 35.5. The minimum Gasteiger partial charge on any atom is -0.469 e. The average Bonchev–Trinajstić information content (AvgIpc) is 2.76. The number of guanidine groups is 1. The Balaban J connectivity index is 1.82. The molecule has 0 unspecified atom stereocenters. The third-order valence-electron chi connectivity index (χ3n) is 5.73. The highest BCUT2D eigenvalue weighted by molar-refractivity contribution is 6.30. The Hall–Kier alpha value is -2.53. The summed E-state index contributed by atoms with van der Waals surface area (Å²) in [5.74, 6) is 0.382. The highest BCUT2D eigenvalue weighted by Crippen LogP contribution is 2.26. The van der Waals surface area contributed by atoms with Crippen molar-refractivity contribution in [3.05, 3.63) is 70.7 Å².